The van der Waals surface area contributed by atoms with Crippen molar-refractivity contribution < 1.29 is 24.3 Å². The smallest absolute Gasteiger partial charge is 0.325 e. The summed E-state index contributed by atoms with van der Waals surface area (Å²) in [6.45, 7) is 1.76. The summed E-state index contributed by atoms with van der Waals surface area (Å²) in [4.78, 5) is 50.2. The van der Waals surface area contributed by atoms with Crippen LogP contribution in [0.5, 0.6) is 0 Å². The number of carboxylic acid groups (broad SMARTS) is 1. The van der Waals surface area contributed by atoms with Crippen LogP contribution >= 0.6 is 0 Å². The maximum Gasteiger partial charge on any atom is 0.325 e. The number of nitrogens with two attached hydrogens (primary N) is 2. The monoisotopic (exact) mass is 511 g/mol. The highest BCUT2D eigenvalue weighted by molar-refractivity contribution is 5.94. The second-order valence-electron chi connectivity index (χ2n) is 8.96. The van der Waals surface area contributed by atoms with Gasteiger partial charge in [0.15, 0.2) is 0 Å². The Kier molecular flexibility index (Phi) is 12.2. The number of unbranched alkanes of at least 4 members (excludes halogenated alkanes) is 1. The van der Waals surface area contributed by atoms with Gasteiger partial charge in [0.05, 0.1) is 6.04 Å². The molecular weight excluding hydrogens is 474 g/mol. The first-order chi connectivity index (χ1) is 17.7. The molecule has 10 heteroatoms. The highest BCUT2D eigenvalue weighted by Gasteiger charge is 2.29. The first-order valence-electron chi connectivity index (χ1n) is 12.4. The summed E-state index contributed by atoms with van der Waals surface area (Å²) in [5, 5.41) is 17.0. The van der Waals surface area contributed by atoms with E-state index in [0.29, 0.717) is 25.8 Å². The van der Waals surface area contributed by atoms with Crippen molar-refractivity contribution >= 4 is 23.7 Å². The Labute approximate surface area is 217 Å². The highest BCUT2D eigenvalue weighted by Crippen LogP contribution is 2.08. The fourth-order valence-electron chi connectivity index (χ4n) is 3.71. The van der Waals surface area contributed by atoms with Gasteiger partial charge in [0.25, 0.3) is 0 Å². The number of hydrogen-bond donors (Lipinski definition) is 6. The number of benzene rings is 2. The minimum Gasteiger partial charge on any atom is -0.480 e. The number of rotatable bonds is 15. The van der Waals surface area contributed by atoms with Crippen molar-refractivity contribution in [3.05, 3.63) is 71.8 Å². The van der Waals surface area contributed by atoms with Crippen molar-refractivity contribution in [1.29, 1.82) is 0 Å². The number of carbonyl (C=O) groups is 4. The van der Waals surface area contributed by atoms with E-state index in [0.717, 1.165) is 11.1 Å². The molecule has 0 fully saturated rings. The molecule has 2 rings (SSSR count). The van der Waals surface area contributed by atoms with E-state index in [-0.39, 0.29) is 12.8 Å². The molecule has 4 atom stereocenters. The van der Waals surface area contributed by atoms with E-state index in [4.69, 9.17) is 16.6 Å². The van der Waals surface area contributed by atoms with Crippen molar-refractivity contribution in [1.82, 2.24) is 16.0 Å². The van der Waals surface area contributed by atoms with Crippen LogP contribution in [0.4, 0.5) is 0 Å². The number of carboxylic acids is 1. The number of nitrogens with one attached hydrogen (secondary N) is 3. The molecule has 2 aromatic rings. The predicted molar refractivity (Wildman–Crippen MR) is 140 cm³/mol. The van der Waals surface area contributed by atoms with Gasteiger partial charge in [-0.05, 0) is 50.3 Å². The van der Waals surface area contributed by atoms with Gasteiger partial charge in [0, 0.05) is 6.42 Å². The molecule has 0 unspecified atom stereocenters. The van der Waals surface area contributed by atoms with Crippen molar-refractivity contribution in [3.63, 3.8) is 0 Å². The van der Waals surface area contributed by atoms with Gasteiger partial charge in [-0.2, -0.15) is 0 Å². The molecule has 0 saturated heterocycles. The quantitative estimate of drug-likeness (QED) is 0.188. The SMILES string of the molecule is C[C@H](NC(=O)[C@H](CCCCN)NC(=O)[C@H](Cc1ccccc1)NC(=O)[C@@H](N)Cc1ccccc1)C(=O)O. The van der Waals surface area contributed by atoms with Crippen LogP contribution in [-0.2, 0) is 32.0 Å². The Morgan fingerprint density at radius 2 is 1.27 bits per heavy atom. The van der Waals surface area contributed by atoms with Gasteiger partial charge < -0.3 is 32.5 Å². The van der Waals surface area contributed by atoms with Crippen LogP contribution < -0.4 is 27.4 Å². The van der Waals surface area contributed by atoms with Crippen LogP contribution in [0.15, 0.2) is 60.7 Å². The van der Waals surface area contributed by atoms with Crippen LogP contribution in [0, 0.1) is 0 Å². The summed E-state index contributed by atoms with van der Waals surface area (Å²) in [6.07, 6.45) is 1.92. The molecule has 200 valence electrons. The standard InChI is InChI=1S/C27H37N5O5/c1-18(27(36)37)30-25(34)22(14-8-9-15-28)31-26(35)23(17-20-12-6-3-7-13-20)32-24(33)21(29)16-19-10-4-2-5-11-19/h2-7,10-13,18,21-23H,8-9,14-17,28-29H2,1H3,(H,30,34)(H,31,35)(H,32,33)(H,36,37)/t18-,21-,22-,23-/m0/s1. The number of hydrogen-bond acceptors (Lipinski definition) is 6. The van der Waals surface area contributed by atoms with Crippen LogP contribution in [0.2, 0.25) is 0 Å². The van der Waals surface area contributed by atoms with Crippen LogP contribution in [0.1, 0.15) is 37.3 Å². The number of amides is 3. The summed E-state index contributed by atoms with van der Waals surface area (Å²) < 4.78 is 0. The topological polar surface area (TPSA) is 177 Å². The summed E-state index contributed by atoms with van der Waals surface area (Å²) in [7, 11) is 0. The van der Waals surface area contributed by atoms with Gasteiger partial charge in [-0.25, -0.2) is 0 Å². The third-order valence-corrected chi connectivity index (χ3v) is 5.86. The van der Waals surface area contributed by atoms with Crippen molar-refractivity contribution in [2.75, 3.05) is 6.54 Å². The molecule has 0 aromatic heterocycles. The van der Waals surface area contributed by atoms with Gasteiger partial charge in [0.2, 0.25) is 17.7 Å². The minimum absolute atomic E-state index is 0.180. The van der Waals surface area contributed by atoms with Crippen molar-refractivity contribution in [2.24, 2.45) is 11.5 Å². The fourth-order valence-corrected chi connectivity index (χ4v) is 3.71. The fraction of sp³-hybridized carbons (Fsp3) is 0.407. The summed E-state index contributed by atoms with van der Waals surface area (Å²) >= 11 is 0. The maximum atomic E-state index is 13.3. The van der Waals surface area contributed by atoms with Crippen molar-refractivity contribution in [3.8, 4) is 0 Å². The molecular formula is C27H37N5O5. The van der Waals surface area contributed by atoms with E-state index in [9.17, 15) is 19.2 Å². The number of carbonyl (C=O) groups excluding carboxylic acids is 3. The van der Waals surface area contributed by atoms with E-state index in [1.54, 1.807) is 0 Å². The summed E-state index contributed by atoms with van der Waals surface area (Å²) in [6, 6.07) is 14.5. The highest BCUT2D eigenvalue weighted by atomic mass is 16.4. The van der Waals surface area contributed by atoms with Crippen molar-refractivity contribution in [2.45, 2.75) is 63.2 Å². The Bertz CT molecular complexity index is 1020. The molecule has 0 bridgehead atoms. The number of aliphatic carboxylic acids is 1. The maximum absolute atomic E-state index is 13.3. The zero-order valence-corrected chi connectivity index (χ0v) is 21.1. The summed E-state index contributed by atoms with van der Waals surface area (Å²) in [5.41, 5.74) is 13.4. The lowest BCUT2D eigenvalue weighted by Gasteiger charge is -2.25. The van der Waals surface area contributed by atoms with E-state index < -0.39 is 47.9 Å². The van der Waals surface area contributed by atoms with Gasteiger partial charge in [-0.1, -0.05) is 60.7 Å². The molecule has 0 spiro atoms. The largest absolute Gasteiger partial charge is 0.480 e. The third-order valence-electron chi connectivity index (χ3n) is 5.86. The molecule has 0 aliphatic rings. The Balaban J connectivity index is 2.17. The molecule has 0 saturated carbocycles. The second-order valence-corrected chi connectivity index (χ2v) is 8.96. The van der Waals surface area contributed by atoms with Gasteiger partial charge in [0.1, 0.15) is 18.1 Å². The lowest BCUT2D eigenvalue weighted by molar-refractivity contribution is -0.141. The summed E-state index contributed by atoms with van der Waals surface area (Å²) in [5.74, 6) is -2.88. The molecule has 2 aromatic carbocycles. The van der Waals surface area contributed by atoms with Crippen LogP contribution in [0.25, 0.3) is 0 Å². The Morgan fingerprint density at radius 1 is 0.757 bits per heavy atom. The lowest BCUT2D eigenvalue weighted by atomic mass is 10.0. The predicted octanol–water partition coefficient (Wildman–Crippen LogP) is 0.487. The minimum atomic E-state index is -1.19. The molecule has 0 aliphatic heterocycles. The van der Waals surface area contributed by atoms with Gasteiger partial charge >= 0.3 is 5.97 Å². The molecule has 0 aliphatic carbocycles. The van der Waals surface area contributed by atoms with Gasteiger partial charge in [-0.15, -0.1) is 0 Å². The third kappa shape index (κ3) is 10.4. The van der Waals surface area contributed by atoms with Crippen LogP contribution in [-0.4, -0.2) is 59.5 Å². The average molecular weight is 512 g/mol. The Morgan fingerprint density at radius 3 is 1.81 bits per heavy atom. The average Bonchev–Trinajstić information content (AvgIpc) is 2.88. The molecule has 0 heterocycles. The van der Waals surface area contributed by atoms with E-state index >= 15 is 0 Å². The normalized spacial score (nSPS) is 14.0. The van der Waals surface area contributed by atoms with Crippen LogP contribution in [0.3, 0.4) is 0 Å². The van der Waals surface area contributed by atoms with Gasteiger partial charge in [-0.3, -0.25) is 19.2 Å². The molecule has 8 N–H and O–H groups in total. The zero-order chi connectivity index (χ0) is 27.2. The van der Waals surface area contributed by atoms with E-state index in [1.165, 1.54) is 6.92 Å². The zero-order valence-electron chi connectivity index (χ0n) is 21.1. The Hall–Kier alpha value is -3.76. The van der Waals surface area contributed by atoms with E-state index in [1.807, 2.05) is 60.7 Å². The second kappa shape index (κ2) is 15.4. The molecule has 3 amide bonds. The molecule has 37 heavy (non-hydrogen) atoms. The molecule has 0 radical (unpaired) electrons. The first-order valence-corrected chi connectivity index (χ1v) is 12.4. The van der Waals surface area contributed by atoms with E-state index in [2.05, 4.69) is 16.0 Å². The lowest BCUT2D eigenvalue weighted by Crippen LogP contribution is -2.57. The first kappa shape index (κ1) is 29.5. The molecule has 10 nitrogen and oxygen atoms in total.